The monoisotopic (exact) mass is 215 g/mol. The van der Waals surface area contributed by atoms with Gasteiger partial charge in [-0.2, -0.15) is 0 Å². The first-order valence-corrected chi connectivity index (χ1v) is 5.25. The fraction of sp³-hybridized carbons (Fsp3) is 0.667. The Kier molecular flexibility index (Phi) is 3.34. The number of nitrogens with zero attached hydrogens (tertiary/aromatic N) is 2. The molecule has 0 radical (unpaired) electrons. The van der Waals surface area contributed by atoms with Crippen molar-refractivity contribution >= 4 is 16.3 Å². The molecule has 4 nitrogen and oxygen atoms in total. The number of nitrogens with two attached hydrogens (primary N) is 1. The van der Waals surface area contributed by atoms with Gasteiger partial charge < -0.3 is 15.4 Å². The van der Waals surface area contributed by atoms with Crippen LogP contribution in [-0.2, 0) is 0 Å². The number of hydrogen-bond donors (Lipinski definition) is 1. The van der Waals surface area contributed by atoms with E-state index in [2.05, 4.69) is 23.7 Å². The highest BCUT2D eigenvalue weighted by Crippen LogP contribution is 2.23. The Morgan fingerprint density at radius 2 is 2.21 bits per heavy atom. The average molecular weight is 215 g/mol. The summed E-state index contributed by atoms with van der Waals surface area (Å²) in [6.45, 7) is 4.83. The van der Waals surface area contributed by atoms with Gasteiger partial charge in [-0.05, 0) is 27.9 Å². The molecule has 0 fully saturated rings. The molecule has 80 valence electrons. The molecule has 0 spiro atoms. The van der Waals surface area contributed by atoms with Crippen molar-refractivity contribution in [2.24, 2.45) is 0 Å². The molecule has 1 aromatic rings. The van der Waals surface area contributed by atoms with E-state index in [0.717, 1.165) is 0 Å². The van der Waals surface area contributed by atoms with Gasteiger partial charge in [0.15, 0.2) is 0 Å². The molecule has 14 heavy (non-hydrogen) atoms. The molecule has 0 aliphatic rings. The van der Waals surface area contributed by atoms with E-state index < -0.39 is 0 Å². The third-order valence-corrected chi connectivity index (χ3v) is 3.00. The van der Waals surface area contributed by atoms with Crippen molar-refractivity contribution in [3.05, 3.63) is 6.20 Å². The zero-order chi connectivity index (χ0) is 10.8. The van der Waals surface area contributed by atoms with Crippen molar-refractivity contribution in [3.8, 4) is 5.19 Å². The van der Waals surface area contributed by atoms with Crippen molar-refractivity contribution in [3.63, 3.8) is 0 Å². The number of rotatable bonds is 4. The standard InChI is InChI=1S/C9H17N3OS/c1-9(2,12(3)4)6-13-8-11-5-7(10)14-8/h5H,6,10H2,1-4H3. The van der Waals surface area contributed by atoms with Crippen molar-refractivity contribution in [2.75, 3.05) is 26.4 Å². The molecule has 1 aromatic heterocycles. The number of anilines is 1. The predicted molar refractivity (Wildman–Crippen MR) is 59.8 cm³/mol. The summed E-state index contributed by atoms with van der Waals surface area (Å²) < 4.78 is 5.54. The van der Waals surface area contributed by atoms with Crippen LogP contribution in [0.5, 0.6) is 5.19 Å². The van der Waals surface area contributed by atoms with E-state index in [9.17, 15) is 0 Å². The summed E-state index contributed by atoms with van der Waals surface area (Å²) in [4.78, 5) is 6.15. The minimum Gasteiger partial charge on any atom is -0.468 e. The zero-order valence-electron chi connectivity index (χ0n) is 9.07. The Morgan fingerprint density at radius 3 is 2.64 bits per heavy atom. The topological polar surface area (TPSA) is 51.4 Å². The lowest BCUT2D eigenvalue weighted by Crippen LogP contribution is -2.43. The van der Waals surface area contributed by atoms with Gasteiger partial charge in [0.05, 0.1) is 6.20 Å². The van der Waals surface area contributed by atoms with Crippen LogP contribution in [0, 0.1) is 0 Å². The Labute approximate surface area is 88.7 Å². The van der Waals surface area contributed by atoms with Gasteiger partial charge in [-0.3, -0.25) is 0 Å². The summed E-state index contributed by atoms with van der Waals surface area (Å²) in [6, 6.07) is 0. The highest BCUT2D eigenvalue weighted by Gasteiger charge is 2.21. The van der Waals surface area contributed by atoms with Crippen molar-refractivity contribution < 1.29 is 4.74 Å². The van der Waals surface area contributed by atoms with Crippen LogP contribution in [0.3, 0.4) is 0 Å². The molecular formula is C9H17N3OS. The number of aromatic nitrogens is 1. The maximum atomic E-state index is 5.54. The summed E-state index contributed by atoms with van der Waals surface area (Å²) in [5.41, 5.74) is 5.54. The number of ether oxygens (including phenoxy) is 1. The predicted octanol–water partition coefficient (Wildman–Crippen LogP) is 1.44. The lowest BCUT2D eigenvalue weighted by atomic mass is 10.1. The number of nitrogen functional groups attached to an aromatic ring is 1. The summed E-state index contributed by atoms with van der Waals surface area (Å²) in [7, 11) is 4.05. The third kappa shape index (κ3) is 2.85. The Morgan fingerprint density at radius 1 is 1.57 bits per heavy atom. The fourth-order valence-electron chi connectivity index (χ4n) is 0.704. The molecule has 0 unspecified atom stereocenters. The molecule has 0 aromatic carbocycles. The summed E-state index contributed by atoms with van der Waals surface area (Å²) in [5.74, 6) is 0. The van der Waals surface area contributed by atoms with Gasteiger partial charge in [0.2, 0.25) is 0 Å². The number of likely N-dealkylation sites (N-methyl/N-ethyl adjacent to an activating group) is 1. The molecular weight excluding hydrogens is 198 g/mol. The summed E-state index contributed by atoms with van der Waals surface area (Å²) in [5, 5.41) is 1.32. The zero-order valence-corrected chi connectivity index (χ0v) is 9.89. The number of thiazole rings is 1. The van der Waals surface area contributed by atoms with Gasteiger partial charge in [-0.1, -0.05) is 11.3 Å². The van der Waals surface area contributed by atoms with Crippen LogP contribution in [0.25, 0.3) is 0 Å². The van der Waals surface area contributed by atoms with E-state index in [-0.39, 0.29) is 5.54 Å². The van der Waals surface area contributed by atoms with Crippen LogP contribution < -0.4 is 10.5 Å². The SMILES string of the molecule is CN(C)C(C)(C)COc1ncc(N)s1. The molecule has 2 N–H and O–H groups in total. The van der Waals surface area contributed by atoms with E-state index in [4.69, 9.17) is 10.5 Å². The summed E-state index contributed by atoms with van der Waals surface area (Å²) >= 11 is 1.37. The number of hydrogen-bond acceptors (Lipinski definition) is 5. The van der Waals surface area contributed by atoms with Gasteiger partial charge in [0.1, 0.15) is 11.6 Å². The second-order valence-corrected chi connectivity index (χ2v) is 5.05. The first-order chi connectivity index (χ1) is 6.42. The largest absolute Gasteiger partial charge is 0.468 e. The van der Waals surface area contributed by atoms with Gasteiger partial charge in [0.25, 0.3) is 5.19 Å². The normalized spacial score (nSPS) is 12.1. The molecule has 0 saturated carbocycles. The van der Waals surface area contributed by atoms with Crippen molar-refractivity contribution in [1.29, 1.82) is 0 Å². The maximum absolute atomic E-state index is 5.54. The smallest absolute Gasteiger partial charge is 0.275 e. The lowest BCUT2D eigenvalue weighted by Gasteiger charge is -2.31. The van der Waals surface area contributed by atoms with Crippen LogP contribution in [0.2, 0.25) is 0 Å². The Bertz CT molecular complexity index is 296. The summed E-state index contributed by atoms with van der Waals surface area (Å²) in [6.07, 6.45) is 1.61. The first-order valence-electron chi connectivity index (χ1n) is 4.43. The second kappa shape index (κ2) is 4.14. The van der Waals surface area contributed by atoms with E-state index >= 15 is 0 Å². The Hall–Kier alpha value is -0.810. The minimum atomic E-state index is 0.000428. The molecule has 0 aliphatic carbocycles. The van der Waals surface area contributed by atoms with Gasteiger partial charge in [-0.15, -0.1) is 0 Å². The van der Waals surface area contributed by atoms with E-state index in [1.165, 1.54) is 11.3 Å². The average Bonchev–Trinajstić information content (AvgIpc) is 2.48. The van der Waals surface area contributed by atoms with E-state index in [1.54, 1.807) is 6.20 Å². The minimum absolute atomic E-state index is 0.000428. The van der Waals surface area contributed by atoms with Gasteiger partial charge in [0, 0.05) is 5.54 Å². The molecule has 0 bridgehead atoms. The molecule has 1 rings (SSSR count). The van der Waals surface area contributed by atoms with Crippen LogP contribution >= 0.6 is 11.3 Å². The second-order valence-electron chi connectivity index (χ2n) is 4.02. The van der Waals surface area contributed by atoms with Gasteiger partial charge in [-0.25, -0.2) is 4.98 Å². The molecule has 0 amide bonds. The van der Waals surface area contributed by atoms with E-state index in [1.807, 2.05) is 14.1 Å². The highest BCUT2D eigenvalue weighted by molar-refractivity contribution is 7.17. The highest BCUT2D eigenvalue weighted by atomic mass is 32.1. The quantitative estimate of drug-likeness (QED) is 0.826. The van der Waals surface area contributed by atoms with Crippen LogP contribution in [-0.4, -0.2) is 36.1 Å². The third-order valence-electron chi connectivity index (χ3n) is 2.26. The van der Waals surface area contributed by atoms with Crippen molar-refractivity contribution in [2.45, 2.75) is 19.4 Å². The van der Waals surface area contributed by atoms with Crippen LogP contribution in [0.4, 0.5) is 5.00 Å². The Balaban J connectivity index is 2.48. The molecule has 1 heterocycles. The molecule has 0 saturated heterocycles. The van der Waals surface area contributed by atoms with E-state index in [0.29, 0.717) is 16.8 Å². The van der Waals surface area contributed by atoms with Crippen molar-refractivity contribution in [1.82, 2.24) is 9.88 Å². The van der Waals surface area contributed by atoms with Gasteiger partial charge >= 0.3 is 0 Å². The maximum Gasteiger partial charge on any atom is 0.275 e. The molecule has 0 atom stereocenters. The fourth-order valence-corrected chi connectivity index (χ4v) is 1.23. The first kappa shape index (κ1) is 11.3. The molecule has 0 aliphatic heterocycles. The van der Waals surface area contributed by atoms with Crippen LogP contribution in [0.15, 0.2) is 6.20 Å². The molecule has 5 heteroatoms. The van der Waals surface area contributed by atoms with Crippen LogP contribution in [0.1, 0.15) is 13.8 Å². The lowest BCUT2D eigenvalue weighted by molar-refractivity contribution is 0.114.